The number of nitrogens with one attached hydrogen (secondary N) is 1. The van der Waals surface area contributed by atoms with Crippen LogP contribution >= 0.6 is 15.9 Å². The van der Waals surface area contributed by atoms with E-state index in [9.17, 15) is 14.9 Å². The van der Waals surface area contributed by atoms with E-state index < -0.39 is 10.9 Å². The number of halogens is 1. The SMILES string of the molecule is O=C(O)c1ccc(Nc2ccc([N+](=O)[O-])cc2Br)cc1. The molecule has 0 unspecified atom stereocenters. The maximum absolute atomic E-state index is 10.7. The molecule has 7 heteroatoms. The maximum atomic E-state index is 10.7. The van der Waals surface area contributed by atoms with E-state index in [0.717, 1.165) is 0 Å². The van der Waals surface area contributed by atoms with Crippen molar-refractivity contribution in [1.29, 1.82) is 0 Å². The van der Waals surface area contributed by atoms with Crippen molar-refractivity contribution in [2.24, 2.45) is 0 Å². The van der Waals surface area contributed by atoms with Gasteiger partial charge >= 0.3 is 5.97 Å². The molecule has 0 aliphatic rings. The van der Waals surface area contributed by atoms with Crippen LogP contribution in [-0.2, 0) is 0 Å². The number of benzene rings is 2. The van der Waals surface area contributed by atoms with Gasteiger partial charge in [0.05, 0.1) is 16.2 Å². The number of hydrogen-bond donors (Lipinski definition) is 2. The fourth-order valence-electron chi connectivity index (χ4n) is 1.57. The van der Waals surface area contributed by atoms with Gasteiger partial charge < -0.3 is 10.4 Å². The minimum Gasteiger partial charge on any atom is -0.478 e. The van der Waals surface area contributed by atoms with Crippen LogP contribution in [-0.4, -0.2) is 16.0 Å². The Morgan fingerprint density at radius 1 is 1.20 bits per heavy atom. The molecule has 2 rings (SSSR count). The average Bonchev–Trinajstić information content (AvgIpc) is 2.41. The Balaban J connectivity index is 2.21. The second-order valence-corrected chi connectivity index (χ2v) is 4.78. The zero-order chi connectivity index (χ0) is 14.7. The highest BCUT2D eigenvalue weighted by molar-refractivity contribution is 9.10. The second kappa shape index (κ2) is 5.70. The van der Waals surface area contributed by atoms with Gasteiger partial charge in [-0.25, -0.2) is 4.79 Å². The van der Waals surface area contributed by atoms with Crippen molar-refractivity contribution in [3.05, 3.63) is 62.6 Å². The van der Waals surface area contributed by atoms with Gasteiger partial charge in [-0.2, -0.15) is 0 Å². The summed E-state index contributed by atoms with van der Waals surface area (Å²) in [5, 5.41) is 22.5. The van der Waals surface area contributed by atoms with Gasteiger partial charge in [-0.1, -0.05) is 0 Å². The molecule has 6 nitrogen and oxygen atoms in total. The molecule has 0 spiro atoms. The zero-order valence-corrected chi connectivity index (χ0v) is 11.6. The second-order valence-electron chi connectivity index (χ2n) is 3.93. The number of aromatic carboxylic acids is 1. The van der Waals surface area contributed by atoms with Crippen LogP contribution in [0.25, 0.3) is 0 Å². The van der Waals surface area contributed by atoms with Crippen molar-refractivity contribution in [3.63, 3.8) is 0 Å². The zero-order valence-electron chi connectivity index (χ0n) is 10.0. The summed E-state index contributed by atoms with van der Waals surface area (Å²) in [4.78, 5) is 20.9. The lowest BCUT2D eigenvalue weighted by Crippen LogP contribution is -1.97. The normalized spacial score (nSPS) is 10.1. The van der Waals surface area contributed by atoms with E-state index in [1.165, 1.54) is 24.3 Å². The lowest BCUT2D eigenvalue weighted by atomic mass is 10.2. The van der Waals surface area contributed by atoms with Crippen LogP contribution in [0.3, 0.4) is 0 Å². The number of anilines is 2. The highest BCUT2D eigenvalue weighted by Gasteiger charge is 2.09. The molecule has 20 heavy (non-hydrogen) atoms. The van der Waals surface area contributed by atoms with E-state index in [2.05, 4.69) is 21.2 Å². The molecule has 0 aliphatic carbocycles. The van der Waals surface area contributed by atoms with Gasteiger partial charge in [-0.3, -0.25) is 10.1 Å². The largest absolute Gasteiger partial charge is 0.478 e. The molecule has 0 radical (unpaired) electrons. The number of nitro benzene ring substituents is 1. The van der Waals surface area contributed by atoms with Gasteiger partial charge in [0, 0.05) is 22.3 Å². The van der Waals surface area contributed by atoms with Gasteiger partial charge in [0.15, 0.2) is 0 Å². The lowest BCUT2D eigenvalue weighted by molar-refractivity contribution is -0.384. The topological polar surface area (TPSA) is 92.5 Å². The molecule has 2 aromatic carbocycles. The highest BCUT2D eigenvalue weighted by atomic mass is 79.9. The van der Waals surface area contributed by atoms with E-state index >= 15 is 0 Å². The molecule has 0 amide bonds. The summed E-state index contributed by atoms with van der Waals surface area (Å²) in [7, 11) is 0. The summed E-state index contributed by atoms with van der Waals surface area (Å²) in [6, 6.07) is 10.6. The van der Waals surface area contributed by atoms with Gasteiger partial charge in [0.25, 0.3) is 5.69 Å². The van der Waals surface area contributed by atoms with Crippen LogP contribution in [0.2, 0.25) is 0 Å². The predicted molar refractivity (Wildman–Crippen MR) is 77.5 cm³/mol. The molecule has 0 aliphatic heterocycles. The Hall–Kier alpha value is -2.41. The van der Waals surface area contributed by atoms with Crippen molar-refractivity contribution in [2.75, 3.05) is 5.32 Å². The van der Waals surface area contributed by atoms with Crippen molar-refractivity contribution in [2.45, 2.75) is 0 Å². The van der Waals surface area contributed by atoms with Crippen molar-refractivity contribution in [1.82, 2.24) is 0 Å². The molecule has 0 fully saturated rings. The first kappa shape index (κ1) is 14.0. The molecule has 2 N–H and O–H groups in total. The number of hydrogen-bond acceptors (Lipinski definition) is 4. The standard InChI is InChI=1S/C13H9BrN2O4/c14-11-7-10(16(19)20)5-6-12(11)15-9-3-1-8(2-4-9)13(17)18/h1-7,15H,(H,17,18). The van der Waals surface area contributed by atoms with Gasteiger partial charge in [-0.15, -0.1) is 0 Å². The number of nitrogens with zero attached hydrogens (tertiary/aromatic N) is 1. The van der Waals surface area contributed by atoms with Crippen molar-refractivity contribution >= 4 is 39.0 Å². The minimum atomic E-state index is -0.993. The van der Waals surface area contributed by atoms with Crippen molar-refractivity contribution < 1.29 is 14.8 Å². The maximum Gasteiger partial charge on any atom is 0.335 e. The van der Waals surface area contributed by atoms with Crippen LogP contribution in [0.4, 0.5) is 17.1 Å². The monoisotopic (exact) mass is 336 g/mol. The molecule has 0 bridgehead atoms. The number of carboxylic acid groups (broad SMARTS) is 1. The Labute approximate surface area is 122 Å². The minimum absolute atomic E-state index is 0.0105. The summed E-state index contributed by atoms with van der Waals surface area (Å²) >= 11 is 3.25. The fourth-order valence-corrected chi connectivity index (χ4v) is 2.04. The molecular weight excluding hydrogens is 328 g/mol. The van der Waals surface area contributed by atoms with E-state index in [1.807, 2.05) is 0 Å². The Morgan fingerprint density at radius 3 is 2.35 bits per heavy atom. The highest BCUT2D eigenvalue weighted by Crippen LogP contribution is 2.29. The molecule has 0 saturated carbocycles. The van der Waals surface area contributed by atoms with Crippen molar-refractivity contribution in [3.8, 4) is 0 Å². The third-order valence-electron chi connectivity index (χ3n) is 2.57. The Morgan fingerprint density at radius 2 is 1.85 bits per heavy atom. The van der Waals surface area contributed by atoms with E-state index in [4.69, 9.17) is 5.11 Å². The Bertz CT molecular complexity index is 671. The van der Waals surface area contributed by atoms with Crippen LogP contribution < -0.4 is 5.32 Å². The third kappa shape index (κ3) is 3.12. The number of non-ortho nitro benzene ring substituents is 1. The van der Waals surface area contributed by atoms with E-state index in [0.29, 0.717) is 15.8 Å². The quantitative estimate of drug-likeness (QED) is 0.654. The summed E-state index contributed by atoms with van der Waals surface area (Å²) in [6.07, 6.45) is 0. The summed E-state index contributed by atoms with van der Waals surface area (Å²) < 4.78 is 0.550. The molecule has 0 saturated heterocycles. The number of rotatable bonds is 4. The number of carboxylic acids is 1. The molecular formula is C13H9BrN2O4. The summed E-state index contributed by atoms with van der Waals surface area (Å²) in [6.45, 7) is 0. The predicted octanol–water partition coefficient (Wildman–Crippen LogP) is 3.80. The molecule has 2 aromatic rings. The Kier molecular flexibility index (Phi) is 3.99. The van der Waals surface area contributed by atoms with E-state index in [1.54, 1.807) is 18.2 Å². The number of carbonyl (C=O) groups is 1. The van der Waals surface area contributed by atoms with Crippen LogP contribution in [0.5, 0.6) is 0 Å². The van der Waals surface area contributed by atoms with Crippen LogP contribution in [0, 0.1) is 10.1 Å². The molecule has 0 aromatic heterocycles. The van der Waals surface area contributed by atoms with Gasteiger partial charge in [-0.05, 0) is 46.3 Å². The first-order valence-electron chi connectivity index (χ1n) is 5.51. The van der Waals surface area contributed by atoms with Gasteiger partial charge in [0.1, 0.15) is 0 Å². The lowest BCUT2D eigenvalue weighted by Gasteiger charge is -2.08. The average molecular weight is 337 g/mol. The van der Waals surface area contributed by atoms with Crippen LogP contribution in [0.15, 0.2) is 46.9 Å². The smallest absolute Gasteiger partial charge is 0.335 e. The first-order chi connectivity index (χ1) is 9.47. The number of nitro groups is 1. The summed E-state index contributed by atoms with van der Waals surface area (Å²) in [5.74, 6) is -0.993. The van der Waals surface area contributed by atoms with Crippen LogP contribution in [0.1, 0.15) is 10.4 Å². The first-order valence-corrected chi connectivity index (χ1v) is 6.31. The summed E-state index contributed by atoms with van der Waals surface area (Å²) in [5.41, 5.74) is 1.52. The molecule has 0 heterocycles. The molecule has 102 valence electrons. The fraction of sp³-hybridized carbons (Fsp3) is 0. The van der Waals surface area contributed by atoms with Gasteiger partial charge in [0.2, 0.25) is 0 Å². The third-order valence-corrected chi connectivity index (χ3v) is 3.23. The van der Waals surface area contributed by atoms with E-state index in [-0.39, 0.29) is 11.3 Å². The molecule has 0 atom stereocenters.